The molecule has 1 atom stereocenters. The number of H-pyrrole nitrogens is 2. The summed E-state index contributed by atoms with van der Waals surface area (Å²) in [5, 5.41) is 12.1. The number of nitrogens with one attached hydrogen (secondary N) is 3. The number of carboxylic acids is 1. The second kappa shape index (κ2) is 6.84. The number of aliphatic carboxylic acids is 1. The number of aromatic nitrogens is 2. The van der Waals surface area contributed by atoms with E-state index in [1.807, 2.05) is 0 Å². The van der Waals surface area contributed by atoms with E-state index in [9.17, 15) is 19.2 Å². The Bertz CT molecular complexity index is 1410. The molecule has 0 fully saturated rings. The van der Waals surface area contributed by atoms with Crippen LogP contribution in [-0.4, -0.2) is 33.4 Å². The zero-order valence-electron chi connectivity index (χ0n) is 15.9. The lowest BCUT2D eigenvalue weighted by Gasteiger charge is -2.28. The molecule has 0 spiro atoms. The van der Waals surface area contributed by atoms with Crippen LogP contribution in [0.1, 0.15) is 33.0 Å². The molecule has 1 aliphatic heterocycles. The minimum atomic E-state index is -1.16. The minimum Gasteiger partial charge on any atom is -0.482 e. The number of allylic oxidation sites excluding steroid dienone is 1. The highest BCUT2D eigenvalue weighted by Crippen LogP contribution is 2.49. The van der Waals surface area contributed by atoms with Gasteiger partial charge in [0.05, 0.1) is 17.2 Å². The second-order valence-corrected chi connectivity index (χ2v) is 7.14. The molecule has 9 nitrogen and oxygen atoms in total. The Hall–Kier alpha value is -4.40. The van der Waals surface area contributed by atoms with Crippen molar-refractivity contribution < 1.29 is 19.4 Å². The lowest BCUT2D eigenvalue weighted by Crippen LogP contribution is -2.33. The Balaban J connectivity index is 1.79. The van der Waals surface area contributed by atoms with Crippen molar-refractivity contribution in [2.45, 2.75) is 5.92 Å². The van der Waals surface area contributed by atoms with Gasteiger partial charge in [-0.25, -0.2) is 9.59 Å². The average Bonchev–Trinajstić information content (AvgIpc) is 3.03. The smallest absolute Gasteiger partial charge is 0.341 e. The number of ether oxygens (including phenoxy) is 1. The van der Waals surface area contributed by atoms with E-state index in [2.05, 4.69) is 15.3 Å². The number of hydrogen-bond acceptors (Lipinski definition) is 6. The number of carbonyl (C=O) groups is 2. The summed E-state index contributed by atoms with van der Waals surface area (Å²) < 4.78 is 5.45. The summed E-state index contributed by atoms with van der Waals surface area (Å²) in [7, 11) is 0. The molecule has 0 amide bonds. The van der Waals surface area contributed by atoms with Crippen molar-refractivity contribution in [3.63, 3.8) is 0 Å². The van der Waals surface area contributed by atoms with Gasteiger partial charge in [-0.05, 0) is 6.07 Å². The van der Waals surface area contributed by atoms with Gasteiger partial charge >= 0.3 is 11.7 Å². The Morgan fingerprint density at radius 3 is 2.45 bits per heavy atom. The second-order valence-electron chi connectivity index (χ2n) is 7.14. The van der Waals surface area contributed by atoms with Gasteiger partial charge in [0.1, 0.15) is 11.6 Å². The van der Waals surface area contributed by atoms with Gasteiger partial charge in [-0.2, -0.15) is 0 Å². The molecule has 0 bridgehead atoms. The zero-order valence-corrected chi connectivity index (χ0v) is 15.9. The molecule has 1 aromatic heterocycles. The van der Waals surface area contributed by atoms with Gasteiger partial charge < -0.3 is 15.2 Å². The molecular formula is C22H15N3O6. The van der Waals surface area contributed by atoms with Crippen LogP contribution in [0.3, 0.4) is 0 Å². The molecule has 31 heavy (non-hydrogen) atoms. The molecule has 1 aliphatic carbocycles. The molecule has 0 unspecified atom stereocenters. The number of anilines is 1. The number of benzene rings is 2. The number of hydrogen-bond donors (Lipinski definition) is 4. The normalized spacial score (nSPS) is 16.3. The van der Waals surface area contributed by atoms with Crippen LogP contribution in [0.5, 0.6) is 5.75 Å². The van der Waals surface area contributed by atoms with Gasteiger partial charge in [0, 0.05) is 22.3 Å². The van der Waals surface area contributed by atoms with Gasteiger partial charge in [-0.1, -0.05) is 42.5 Å². The highest BCUT2D eigenvalue weighted by Gasteiger charge is 2.42. The Labute approximate surface area is 174 Å². The predicted molar refractivity (Wildman–Crippen MR) is 110 cm³/mol. The molecule has 154 valence electrons. The summed E-state index contributed by atoms with van der Waals surface area (Å²) in [6.45, 7) is -0.586. The zero-order chi connectivity index (χ0) is 21.7. The molecule has 0 saturated heterocycles. The third-order valence-corrected chi connectivity index (χ3v) is 5.34. The molecule has 4 N–H and O–H groups in total. The van der Waals surface area contributed by atoms with Crippen LogP contribution in [0.15, 0.2) is 63.7 Å². The van der Waals surface area contributed by atoms with E-state index in [0.717, 1.165) is 0 Å². The van der Waals surface area contributed by atoms with E-state index in [1.165, 1.54) is 0 Å². The average molecular weight is 417 g/mol. The number of aromatic amines is 2. The van der Waals surface area contributed by atoms with E-state index in [0.29, 0.717) is 28.0 Å². The molecule has 0 saturated carbocycles. The molecule has 0 radical (unpaired) electrons. The number of carbonyl (C=O) groups excluding carboxylic acids is 1. The fourth-order valence-electron chi connectivity index (χ4n) is 4.15. The van der Waals surface area contributed by atoms with Gasteiger partial charge in [-0.3, -0.25) is 19.6 Å². The molecular weight excluding hydrogens is 402 g/mol. The van der Waals surface area contributed by atoms with Crippen LogP contribution in [-0.2, 0) is 4.79 Å². The molecule has 9 heteroatoms. The first-order chi connectivity index (χ1) is 15.0. The summed E-state index contributed by atoms with van der Waals surface area (Å²) in [4.78, 5) is 54.0. The van der Waals surface area contributed by atoms with Crippen molar-refractivity contribution in [3.8, 4) is 5.75 Å². The van der Waals surface area contributed by atoms with Crippen LogP contribution < -0.4 is 21.3 Å². The number of rotatable bonds is 4. The lowest BCUT2D eigenvalue weighted by atomic mass is 9.81. The number of fused-ring (bicyclic) bond motifs is 3. The van der Waals surface area contributed by atoms with Crippen molar-refractivity contribution in [2.75, 3.05) is 11.9 Å². The van der Waals surface area contributed by atoms with Crippen LogP contribution in [0.25, 0.3) is 5.70 Å². The van der Waals surface area contributed by atoms with E-state index >= 15 is 0 Å². The standard InChI is InChI=1S/C22H15N3O6/c26-14(27)9-31-13-8-4-3-7-12(13)15-16-18(10-5-1-2-6-11(10)19(16)28)23-20-17(15)21(29)25-22(30)24-20/h1-8,15H,9H2,(H,26,27)(H3,23,24,25,29,30)/t15-/m0/s1. The molecule has 2 heterocycles. The maximum absolute atomic E-state index is 13.4. The predicted octanol–water partition coefficient (Wildman–Crippen LogP) is 1.69. The van der Waals surface area contributed by atoms with E-state index < -0.39 is 29.7 Å². The van der Waals surface area contributed by atoms with Gasteiger partial charge in [0.15, 0.2) is 12.4 Å². The quantitative estimate of drug-likeness (QED) is 0.506. The third-order valence-electron chi connectivity index (χ3n) is 5.34. The summed E-state index contributed by atoms with van der Waals surface area (Å²) in [5.41, 5.74) is 1.20. The van der Waals surface area contributed by atoms with Gasteiger partial charge in [0.25, 0.3) is 5.56 Å². The molecule has 5 rings (SSSR count). The Kier molecular flexibility index (Phi) is 4.11. The van der Waals surface area contributed by atoms with Crippen molar-refractivity contribution >= 4 is 23.3 Å². The minimum absolute atomic E-state index is 0.144. The lowest BCUT2D eigenvalue weighted by molar-refractivity contribution is -0.139. The number of carboxylic acid groups (broad SMARTS) is 1. The van der Waals surface area contributed by atoms with Crippen molar-refractivity contribution in [1.82, 2.24) is 9.97 Å². The number of Topliss-reactive ketones (excluding diaryl/α,β-unsaturated/α-hetero) is 1. The first-order valence-corrected chi connectivity index (χ1v) is 9.41. The van der Waals surface area contributed by atoms with Gasteiger partial charge in [-0.15, -0.1) is 0 Å². The van der Waals surface area contributed by atoms with Crippen LogP contribution in [0, 0.1) is 0 Å². The van der Waals surface area contributed by atoms with Crippen molar-refractivity contribution in [3.05, 3.63) is 97.2 Å². The van der Waals surface area contributed by atoms with E-state index in [4.69, 9.17) is 9.84 Å². The Morgan fingerprint density at radius 2 is 1.68 bits per heavy atom. The topological polar surface area (TPSA) is 141 Å². The summed E-state index contributed by atoms with van der Waals surface area (Å²) in [6, 6.07) is 13.6. The SMILES string of the molecule is O=C(O)COc1ccccc1[C@H]1C2=C(Nc3[nH]c(=O)[nH]c(=O)c31)c1ccccc1C2=O. The van der Waals surface area contributed by atoms with Crippen LogP contribution in [0.2, 0.25) is 0 Å². The summed E-state index contributed by atoms with van der Waals surface area (Å²) >= 11 is 0. The monoisotopic (exact) mass is 417 g/mol. The largest absolute Gasteiger partial charge is 0.482 e. The number of para-hydroxylation sites is 1. The highest BCUT2D eigenvalue weighted by molar-refractivity contribution is 6.23. The van der Waals surface area contributed by atoms with Crippen molar-refractivity contribution in [1.29, 1.82) is 0 Å². The van der Waals surface area contributed by atoms with E-state index in [-0.39, 0.29) is 22.9 Å². The van der Waals surface area contributed by atoms with E-state index in [1.54, 1.807) is 48.5 Å². The summed E-state index contributed by atoms with van der Waals surface area (Å²) in [6.07, 6.45) is 0. The Morgan fingerprint density at radius 1 is 0.968 bits per heavy atom. The molecule has 2 aliphatic rings. The first-order valence-electron chi connectivity index (χ1n) is 9.41. The number of ketones is 1. The first kappa shape index (κ1) is 18.6. The van der Waals surface area contributed by atoms with Crippen LogP contribution in [0.4, 0.5) is 5.82 Å². The fraction of sp³-hybridized carbons (Fsp3) is 0.0909. The van der Waals surface area contributed by atoms with Gasteiger partial charge in [0.2, 0.25) is 0 Å². The summed E-state index contributed by atoms with van der Waals surface area (Å²) in [5.74, 6) is -1.89. The third kappa shape index (κ3) is 2.86. The van der Waals surface area contributed by atoms with Crippen LogP contribution >= 0.6 is 0 Å². The maximum atomic E-state index is 13.4. The molecule has 3 aromatic rings. The molecule has 2 aromatic carbocycles. The van der Waals surface area contributed by atoms with Crippen molar-refractivity contribution in [2.24, 2.45) is 0 Å². The highest BCUT2D eigenvalue weighted by atomic mass is 16.5. The maximum Gasteiger partial charge on any atom is 0.341 e. The fourth-order valence-corrected chi connectivity index (χ4v) is 4.15.